The van der Waals surface area contributed by atoms with Crippen LogP contribution in [0.15, 0.2) is 53.4 Å². The summed E-state index contributed by atoms with van der Waals surface area (Å²) in [7, 11) is -7.23. The number of carbonyl (C=O) groups is 2. The highest BCUT2D eigenvalue weighted by Gasteiger charge is 2.31. The lowest BCUT2D eigenvalue weighted by Crippen LogP contribution is -2.35. The molecule has 178 valence electrons. The molecule has 1 aliphatic heterocycles. The van der Waals surface area contributed by atoms with Crippen molar-refractivity contribution in [1.82, 2.24) is 4.72 Å². The summed E-state index contributed by atoms with van der Waals surface area (Å²) in [6, 6.07) is 10.9. The Balaban J connectivity index is 1.65. The van der Waals surface area contributed by atoms with Gasteiger partial charge < -0.3 is 10.1 Å². The standard InChI is InChI=1S/C22H26N2O7S2/c1-2-3-12-31-22(26)16-7-9-18(10-8-16)23-21(25)17-5-4-6-20(14-17)33(29,30)24-19-11-13-32(27,28)15-19/h4-10,14,19,24H,2-3,11-13,15H2,1H3,(H,23,25)/t19-/m0/s1. The molecule has 2 aromatic carbocycles. The van der Waals surface area contributed by atoms with Crippen LogP contribution in [0.4, 0.5) is 5.69 Å². The maximum absolute atomic E-state index is 12.6. The number of ether oxygens (including phenoxy) is 1. The fourth-order valence-corrected chi connectivity index (χ4v) is 6.36. The van der Waals surface area contributed by atoms with Crippen LogP contribution in [0.5, 0.6) is 0 Å². The fourth-order valence-electron chi connectivity index (χ4n) is 3.27. The molecule has 3 rings (SSSR count). The van der Waals surface area contributed by atoms with Crippen molar-refractivity contribution in [3.05, 3.63) is 59.7 Å². The first-order chi connectivity index (χ1) is 15.6. The van der Waals surface area contributed by atoms with Gasteiger partial charge in [0.25, 0.3) is 5.91 Å². The van der Waals surface area contributed by atoms with Crippen LogP contribution >= 0.6 is 0 Å². The van der Waals surface area contributed by atoms with Crippen molar-refractivity contribution in [1.29, 1.82) is 0 Å². The Morgan fingerprint density at radius 3 is 2.45 bits per heavy atom. The molecular weight excluding hydrogens is 468 g/mol. The summed E-state index contributed by atoms with van der Waals surface area (Å²) in [6.07, 6.45) is 1.91. The molecule has 1 fully saturated rings. The zero-order valence-corrected chi connectivity index (χ0v) is 19.7. The second kappa shape index (κ2) is 10.4. The molecule has 0 bridgehead atoms. The molecule has 0 aliphatic carbocycles. The normalized spacial score (nSPS) is 17.4. The summed E-state index contributed by atoms with van der Waals surface area (Å²) < 4.78 is 56.0. The molecule has 9 nitrogen and oxygen atoms in total. The van der Waals surface area contributed by atoms with Crippen molar-refractivity contribution in [2.45, 2.75) is 37.1 Å². The van der Waals surface area contributed by atoms with E-state index in [0.717, 1.165) is 12.8 Å². The third-order valence-corrected chi connectivity index (χ3v) is 8.36. The monoisotopic (exact) mass is 494 g/mol. The Morgan fingerprint density at radius 1 is 1.09 bits per heavy atom. The Hall–Kier alpha value is -2.76. The van der Waals surface area contributed by atoms with Crippen LogP contribution < -0.4 is 10.0 Å². The smallest absolute Gasteiger partial charge is 0.338 e. The number of benzene rings is 2. The second-order valence-corrected chi connectivity index (χ2v) is 11.7. The molecule has 1 saturated heterocycles. The van der Waals surface area contributed by atoms with Gasteiger partial charge >= 0.3 is 5.97 Å². The van der Waals surface area contributed by atoms with Crippen LogP contribution in [0.2, 0.25) is 0 Å². The van der Waals surface area contributed by atoms with Gasteiger partial charge in [-0.25, -0.2) is 26.4 Å². The summed E-state index contributed by atoms with van der Waals surface area (Å²) in [5.74, 6) is -1.28. The van der Waals surface area contributed by atoms with Crippen molar-refractivity contribution in [3.63, 3.8) is 0 Å². The zero-order valence-electron chi connectivity index (χ0n) is 18.1. The molecule has 1 amide bonds. The number of amides is 1. The third-order valence-electron chi connectivity index (χ3n) is 5.07. The Morgan fingerprint density at radius 2 is 1.82 bits per heavy atom. The largest absolute Gasteiger partial charge is 0.462 e. The molecule has 1 heterocycles. The minimum Gasteiger partial charge on any atom is -0.462 e. The zero-order chi connectivity index (χ0) is 24.1. The average molecular weight is 495 g/mol. The quantitative estimate of drug-likeness (QED) is 0.403. The predicted octanol–water partition coefficient (Wildman–Crippen LogP) is 2.36. The molecule has 0 radical (unpaired) electrons. The Bertz CT molecular complexity index is 1220. The molecular formula is C22H26N2O7S2. The number of sulfonamides is 1. The number of hydrogen-bond acceptors (Lipinski definition) is 7. The minimum atomic E-state index is -3.99. The predicted molar refractivity (Wildman–Crippen MR) is 123 cm³/mol. The molecule has 0 saturated carbocycles. The molecule has 1 aliphatic rings. The maximum atomic E-state index is 12.6. The van der Waals surface area contributed by atoms with E-state index in [4.69, 9.17) is 4.74 Å². The van der Waals surface area contributed by atoms with Gasteiger partial charge in [-0.1, -0.05) is 19.4 Å². The van der Waals surface area contributed by atoms with Gasteiger partial charge in [-0.3, -0.25) is 4.79 Å². The molecule has 33 heavy (non-hydrogen) atoms. The van der Waals surface area contributed by atoms with E-state index in [0.29, 0.717) is 17.9 Å². The van der Waals surface area contributed by atoms with Crippen molar-refractivity contribution >= 4 is 37.4 Å². The molecule has 2 aromatic rings. The van der Waals surface area contributed by atoms with E-state index in [2.05, 4.69) is 10.0 Å². The SMILES string of the molecule is CCCCOC(=O)c1ccc(NC(=O)c2cccc(S(=O)(=O)N[C@H]3CCS(=O)(=O)C3)c2)cc1. The number of unbranched alkanes of at least 4 members (excludes halogenated alkanes) is 1. The van der Waals surface area contributed by atoms with E-state index in [9.17, 15) is 26.4 Å². The first-order valence-electron chi connectivity index (χ1n) is 10.5. The van der Waals surface area contributed by atoms with Crippen molar-refractivity contribution in [2.75, 3.05) is 23.4 Å². The lowest BCUT2D eigenvalue weighted by Gasteiger charge is -2.12. The van der Waals surface area contributed by atoms with Gasteiger partial charge in [-0.15, -0.1) is 0 Å². The third kappa shape index (κ3) is 6.86. The Labute approximate surface area is 193 Å². The molecule has 2 N–H and O–H groups in total. The fraction of sp³-hybridized carbons (Fsp3) is 0.364. The van der Waals surface area contributed by atoms with Gasteiger partial charge in [0.2, 0.25) is 10.0 Å². The van der Waals surface area contributed by atoms with Gasteiger partial charge in [0.05, 0.1) is 28.6 Å². The number of nitrogens with one attached hydrogen (secondary N) is 2. The first kappa shape index (κ1) is 24.9. The number of rotatable bonds is 9. The highest BCUT2D eigenvalue weighted by Crippen LogP contribution is 2.18. The van der Waals surface area contributed by atoms with E-state index in [-0.39, 0.29) is 28.4 Å². The number of hydrogen-bond donors (Lipinski definition) is 2. The highest BCUT2D eigenvalue weighted by molar-refractivity contribution is 7.92. The number of carbonyl (C=O) groups excluding carboxylic acids is 2. The summed E-state index contributed by atoms with van der Waals surface area (Å²) in [4.78, 5) is 24.4. The minimum absolute atomic E-state index is 0.0577. The van der Waals surface area contributed by atoms with Gasteiger partial charge in [-0.05, 0) is 55.3 Å². The van der Waals surface area contributed by atoms with Crippen LogP contribution in [0, 0.1) is 0 Å². The van der Waals surface area contributed by atoms with Crippen LogP contribution in [0.1, 0.15) is 46.9 Å². The molecule has 1 atom stereocenters. The molecule has 0 unspecified atom stereocenters. The summed E-state index contributed by atoms with van der Waals surface area (Å²) in [5.41, 5.74) is 0.893. The Kier molecular flexibility index (Phi) is 7.88. The molecule has 11 heteroatoms. The number of esters is 1. The van der Waals surface area contributed by atoms with Crippen molar-refractivity contribution in [3.8, 4) is 0 Å². The van der Waals surface area contributed by atoms with Crippen LogP contribution in [-0.2, 0) is 24.6 Å². The summed E-state index contributed by atoms with van der Waals surface area (Å²) >= 11 is 0. The topological polar surface area (TPSA) is 136 Å². The second-order valence-electron chi connectivity index (χ2n) is 7.77. The van der Waals surface area contributed by atoms with Gasteiger partial charge in [0.1, 0.15) is 0 Å². The van der Waals surface area contributed by atoms with E-state index >= 15 is 0 Å². The van der Waals surface area contributed by atoms with Crippen molar-refractivity contribution in [2.24, 2.45) is 0 Å². The van der Waals surface area contributed by atoms with Crippen LogP contribution in [0.3, 0.4) is 0 Å². The van der Waals surface area contributed by atoms with Gasteiger partial charge in [0, 0.05) is 17.3 Å². The van der Waals surface area contributed by atoms with E-state index in [1.54, 1.807) is 12.1 Å². The van der Waals surface area contributed by atoms with E-state index in [1.165, 1.54) is 36.4 Å². The number of sulfone groups is 1. The maximum Gasteiger partial charge on any atom is 0.338 e. The van der Waals surface area contributed by atoms with Crippen LogP contribution in [-0.4, -0.2) is 52.9 Å². The van der Waals surface area contributed by atoms with E-state index < -0.39 is 37.8 Å². The molecule has 0 spiro atoms. The summed E-state index contributed by atoms with van der Waals surface area (Å²) in [6.45, 7) is 2.34. The lowest BCUT2D eigenvalue weighted by atomic mass is 10.2. The number of anilines is 1. The van der Waals surface area contributed by atoms with Crippen molar-refractivity contribution < 1.29 is 31.2 Å². The van der Waals surface area contributed by atoms with Gasteiger partial charge in [0.15, 0.2) is 9.84 Å². The van der Waals surface area contributed by atoms with Gasteiger partial charge in [-0.2, -0.15) is 0 Å². The van der Waals surface area contributed by atoms with E-state index in [1.807, 2.05) is 6.92 Å². The highest BCUT2D eigenvalue weighted by atomic mass is 32.2. The lowest BCUT2D eigenvalue weighted by molar-refractivity contribution is 0.0499. The average Bonchev–Trinajstić information content (AvgIpc) is 3.11. The van der Waals surface area contributed by atoms with Crippen LogP contribution in [0.25, 0.3) is 0 Å². The molecule has 0 aromatic heterocycles. The summed E-state index contributed by atoms with van der Waals surface area (Å²) in [5, 5.41) is 2.65. The first-order valence-corrected chi connectivity index (χ1v) is 13.8.